The van der Waals surface area contributed by atoms with E-state index in [0.29, 0.717) is 12.8 Å². The van der Waals surface area contributed by atoms with Crippen LogP contribution in [-0.4, -0.2) is 45.6 Å². The van der Waals surface area contributed by atoms with E-state index in [1.165, 1.54) is 16.8 Å². The average Bonchev–Trinajstić information content (AvgIpc) is 3.70. The smallest absolute Gasteiger partial charge is 0.380 e. The van der Waals surface area contributed by atoms with Crippen LogP contribution < -0.4 is 15.8 Å². The number of rotatable bonds is 11. The van der Waals surface area contributed by atoms with Crippen molar-refractivity contribution in [1.82, 2.24) is 9.55 Å². The summed E-state index contributed by atoms with van der Waals surface area (Å²) in [6, 6.07) is 18.9. The lowest BCUT2D eigenvalue weighted by Crippen LogP contribution is -2.36. The van der Waals surface area contributed by atoms with Crippen LogP contribution in [0.4, 0.5) is 0 Å². The summed E-state index contributed by atoms with van der Waals surface area (Å²) in [5.74, 6) is -0.290. The molecule has 41 heavy (non-hydrogen) atoms. The van der Waals surface area contributed by atoms with Gasteiger partial charge >= 0.3 is 19.3 Å². The highest BCUT2D eigenvalue weighted by molar-refractivity contribution is 7.54. The number of nitrogens with one attached hydrogen (secondary N) is 1. The summed E-state index contributed by atoms with van der Waals surface area (Å²) in [5.41, 5.74) is -2.37. The van der Waals surface area contributed by atoms with Crippen LogP contribution in [0.15, 0.2) is 82.5 Å². The Balaban J connectivity index is 1.32. The van der Waals surface area contributed by atoms with E-state index in [1.54, 1.807) is 44.2 Å². The summed E-state index contributed by atoms with van der Waals surface area (Å²) >= 11 is 0. The summed E-state index contributed by atoms with van der Waals surface area (Å²) < 4.78 is 38.7. The molecule has 1 unspecified atom stereocenters. The number of para-hydroxylation sites is 1. The number of benzene rings is 2. The van der Waals surface area contributed by atoms with Gasteiger partial charge in [0.25, 0.3) is 5.56 Å². The number of aromatic nitrogens is 2. The second kappa shape index (κ2) is 11.4. The number of aliphatic hydroxyl groups excluding tert-OH is 1. The fraction of sp³-hybridized carbons (Fsp3) is 0.414. The summed E-state index contributed by atoms with van der Waals surface area (Å²) in [4.78, 5) is 39.2. The quantitative estimate of drug-likeness (QED) is 0.255. The second-order valence-corrected chi connectivity index (χ2v) is 13.1. The molecule has 2 aliphatic rings. The highest BCUT2D eigenvalue weighted by Crippen LogP contribution is 2.63. The highest BCUT2D eigenvalue weighted by atomic mass is 31.2. The zero-order valence-corrected chi connectivity index (χ0v) is 23.7. The van der Waals surface area contributed by atoms with Gasteiger partial charge in [0.05, 0.1) is 24.3 Å². The maximum absolute atomic E-state index is 14.2. The van der Waals surface area contributed by atoms with Gasteiger partial charge in [-0.3, -0.25) is 23.7 Å². The third kappa shape index (κ3) is 6.38. The number of H-pyrrole nitrogens is 1. The highest BCUT2D eigenvalue weighted by Gasteiger charge is 2.64. The third-order valence-corrected chi connectivity index (χ3v) is 9.65. The van der Waals surface area contributed by atoms with Crippen LogP contribution in [-0.2, 0) is 30.0 Å². The Bertz CT molecular complexity index is 1530. The fourth-order valence-electron chi connectivity index (χ4n) is 5.06. The zero-order chi connectivity index (χ0) is 29.3. The van der Waals surface area contributed by atoms with Crippen molar-refractivity contribution in [3.05, 3.63) is 99.3 Å². The van der Waals surface area contributed by atoms with Crippen LogP contribution >= 0.6 is 7.60 Å². The van der Waals surface area contributed by atoms with Gasteiger partial charge in [-0.15, -0.1) is 0 Å². The topological polar surface area (TPSA) is 146 Å². The Morgan fingerprint density at radius 3 is 2.39 bits per heavy atom. The molecule has 3 aromatic rings. The Hall–Kier alpha value is -3.50. The fourth-order valence-corrected chi connectivity index (χ4v) is 7.19. The van der Waals surface area contributed by atoms with Gasteiger partial charge < -0.3 is 19.1 Å². The van der Waals surface area contributed by atoms with Crippen LogP contribution in [0.5, 0.6) is 5.75 Å². The van der Waals surface area contributed by atoms with Crippen LogP contribution in [0, 0.1) is 10.8 Å². The molecule has 4 atom stereocenters. The van der Waals surface area contributed by atoms with Gasteiger partial charge in [0.2, 0.25) is 0 Å². The van der Waals surface area contributed by atoms with E-state index in [1.807, 2.05) is 30.3 Å². The Morgan fingerprint density at radius 1 is 1.10 bits per heavy atom. The van der Waals surface area contributed by atoms with Crippen LogP contribution in [0.2, 0.25) is 0 Å². The summed E-state index contributed by atoms with van der Waals surface area (Å²) in [6.07, 6.45) is -0.593. The number of aliphatic hydroxyl groups is 1. The molecule has 1 saturated carbocycles. The number of hydrogen-bond donors (Lipinski definition) is 2. The molecule has 12 heteroatoms. The molecule has 5 rings (SSSR count). The van der Waals surface area contributed by atoms with E-state index in [0.717, 1.165) is 5.56 Å². The Labute approximate surface area is 236 Å². The molecule has 1 spiro atoms. The van der Waals surface area contributed by atoms with Gasteiger partial charge in [-0.2, -0.15) is 0 Å². The monoisotopic (exact) mass is 584 g/mol. The number of carbonyl (C=O) groups is 1. The normalized spacial score (nSPS) is 22.7. The van der Waals surface area contributed by atoms with Crippen molar-refractivity contribution in [2.75, 3.05) is 12.8 Å². The van der Waals surface area contributed by atoms with E-state index < -0.39 is 54.1 Å². The molecule has 2 N–H and O–H groups in total. The number of aromatic amines is 1. The Morgan fingerprint density at radius 2 is 1.76 bits per heavy atom. The summed E-state index contributed by atoms with van der Waals surface area (Å²) in [6.45, 7) is 2.94. The largest absolute Gasteiger partial charge is 0.460 e. The average molecular weight is 585 g/mol. The van der Waals surface area contributed by atoms with E-state index in [9.17, 15) is 24.1 Å². The SMILES string of the molecule is CC(C)(CP(=O)(OC[C@H]1O[C@@H](n2ccc(=O)[nH]c2=O)C2(CC2)[C@@H]1O)Oc1ccccc1)C(=O)OCc1ccccc1. The lowest BCUT2D eigenvalue weighted by Gasteiger charge is -2.29. The third-order valence-electron chi connectivity index (χ3n) is 7.45. The first kappa shape index (κ1) is 29.0. The Kier molecular flexibility index (Phi) is 8.07. The molecule has 1 aromatic heterocycles. The van der Waals surface area contributed by atoms with Crippen molar-refractivity contribution in [3.8, 4) is 5.75 Å². The van der Waals surface area contributed by atoms with Crippen molar-refractivity contribution in [3.63, 3.8) is 0 Å². The molecule has 2 heterocycles. The van der Waals surface area contributed by atoms with Gasteiger partial charge in [0, 0.05) is 17.7 Å². The number of nitrogens with zero attached hydrogens (tertiary/aromatic N) is 1. The predicted molar refractivity (Wildman–Crippen MR) is 148 cm³/mol. The molecule has 1 aliphatic heterocycles. The molecule has 0 bridgehead atoms. The first-order chi connectivity index (χ1) is 19.5. The molecule has 0 amide bonds. The van der Waals surface area contributed by atoms with Crippen molar-refractivity contribution in [2.24, 2.45) is 10.8 Å². The molecule has 2 aromatic carbocycles. The van der Waals surface area contributed by atoms with E-state index >= 15 is 0 Å². The molecule has 2 fully saturated rings. The minimum absolute atomic E-state index is 0.0590. The number of carbonyl (C=O) groups excluding carboxylic acids is 1. The maximum atomic E-state index is 14.2. The molecular formula is C29H33N2O9P. The molecule has 218 valence electrons. The van der Waals surface area contributed by atoms with Crippen molar-refractivity contribution in [1.29, 1.82) is 0 Å². The molecular weight excluding hydrogens is 551 g/mol. The standard InChI is InChI=1S/C29H33N2O9P/c1-28(2,26(34)37-17-20-9-5-3-6-10-20)19-41(36,40-21-11-7-4-8-12-21)38-18-22-24(33)29(14-15-29)25(39-22)31-16-13-23(32)30-27(31)35/h3-13,16,22,24-25,33H,14-15,17-19H2,1-2H3,(H,30,32,35)/t22-,24-,25-,41?/m1/s1. The zero-order valence-electron chi connectivity index (χ0n) is 22.8. The number of ether oxygens (including phenoxy) is 2. The first-order valence-electron chi connectivity index (χ1n) is 13.4. The lowest BCUT2D eigenvalue weighted by atomic mass is 9.96. The van der Waals surface area contributed by atoms with Crippen molar-refractivity contribution in [2.45, 2.75) is 51.7 Å². The van der Waals surface area contributed by atoms with Crippen molar-refractivity contribution >= 4 is 13.6 Å². The van der Waals surface area contributed by atoms with Crippen LogP contribution in [0.3, 0.4) is 0 Å². The van der Waals surface area contributed by atoms with Gasteiger partial charge in [-0.25, -0.2) is 9.36 Å². The van der Waals surface area contributed by atoms with Gasteiger partial charge in [0.15, 0.2) is 0 Å². The minimum atomic E-state index is -4.03. The van der Waals surface area contributed by atoms with E-state index in [-0.39, 0.29) is 25.1 Å². The lowest BCUT2D eigenvalue weighted by molar-refractivity contribution is -0.154. The van der Waals surface area contributed by atoms with Gasteiger partial charge in [-0.1, -0.05) is 48.5 Å². The summed E-state index contributed by atoms with van der Waals surface area (Å²) in [7, 11) is -4.03. The van der Waals surface area contributed by atoms with Gasteiger partial charge in [0.1, 0.15) is 24.7 Å². The molecule has 0 radical (unpaired) electrons. The number of hydrogen-bond acceptors (Lipinski definition) is 9. The minimum Gasteiger partial charge on any atom is -0.460 e. The van der Waals surface area contributed by atoms with E-state index in [4.69, 9.17) is 18.5 Å². The molecule has 1 aliphatic carbocycles. The second-order valence-electron chi connectivity index (χ2n) is 11.1. The maximum Gasteiger partial charge on any atom is 0.380 e. The van der Waals surface area contributed by atoms with Gasteiger partial charge in [-0.05, 0) is 44.4 Å². The molecule has 11 nitrogen and oxygen atoms in total. The van der Waals surface area contributed by atoms with E-state index in [2.05, 4.69) is 4.98 Å². The first-order valence-corrected chi connectivity index (χ1v) is 15.1. The summed E-state index contributed by atoms with van der Waals surface area (Å²) in [5, 5.41) is 11.1. The van der Waals surface area contributed by atoms with Crippen LogP contribution in [0.25, 0.3) is 0 Å². The van der Waals surface area contributed by atoms with Crippen LogP contribution in [0.1, 0.15) is 38.5 Å². The number of esters is 1. The predicted octanol–water partition coefficient (Wildman–Crippen LogP) is 3.63. The van der Waals surface area contributed by atoms with Crippen molar-refractivity contribution < 1.29 is 33.0 Å². The molecule has 1 saturated heterocycles.